The Bertz CT molecular complexity index is 1020. The third-order valence-corrected chi connectivity index (χ3v) is 4.85. The summed E-state index contributed by atoms with van der Waals surface area (Å²) in [5, 5.41) is 18.4. The van der Waals surface area contributed by atoms with Gasteiger partial charge in [0.05, 0.1) is 26.3 Å². The predicted molar refractivity (Wildman–Crippen MR) is 98.3 cm³/mol. The molecule has 0 aromatic carbocycles. The van der Waals surface area contributed by atoms with Crippen LogP contribution >= 0.6 is 0 Å². The average Bonchev–Trinajstić information content (AvgIpc) is 2.65. The number of aliphatic hydroxyl groups is 2. The van der Waals surface area contributed by atoms with Crippen LogP contribution in [-0.4, -0.2) is 41.7 Å². The summed E-state index contributed by atoms with van der Waals surface area (Å²) in [4.78, 5) is 49.8. The Morgan fingerprint density at radius 1 is 0.704 bits per heavy atom. The number of rotatable bonds is 6. The van der Waals surface area contributed by atoms with E-state index < -0.39 is 22.5 Å². The van der Waals surface area contributed by atoms with Crippen LogP contribution in [0.2, 0.25) is 0 Å². The van der Waals surface area contributed by atoms with Crippen molar-refractivity contribution in [3.63, 3.8) is 0 Å². The standard InChI is InChI=1S/C17H24N4O6/c1-10-12(14(24)18(3)16(26)20(10)5-7-22)9-13-11(2)21(6-8-23)17(27)19(4)15(13)25/h22-23H,5-9H2,1-4H3. The van der Waals surface area contributed by atoms with Gasteiger partial charge in [0.15, 0.2) is 0 Å². The molecular formula is C17H24N4O6. The summed E-state index contributed by atoms with van der Waals surface area (Å²) in [6.45, 7) is 2.65. The second kappa shape index (κ2) is 7.89. The molecule has 0 fully saturated rings. The topological polar surface area (TPSA) is 128 Å². The summed E-state index contributed by atoms with van der Waals surface area (Å²) in [6, 6.07) is 0. The molecule has 2 aromatic rings. The highest BCUT2D eigenvalue weighted by Gasteiger charge is 2.20. The minimum atomic E-state index is -0.551. The molecule has 0 spiro atoms. The van der Waals surface area contributed by atoms with E-state index in [1.165, 1.54) is 23.2 Å². The minimum Gasteiger partial charge on any atom is -0.395 e. The van der Waals surface area contributed by atoms with Gasteiger partial charge >= 0.3 is 11.4 Å². The third-order valence-electron chi connectivity index (χ3n) is 4.85. The first-order valence-corrected chi connectivity index (χ1v) is 8.47. The first-order chi connectivity index (χ1) is 12.7. The molecule has 10 heteroatoms. The van der Waals surface area contributed by atoms with Gasteiger partial charge in [0, 0.05) is 43.0 Å². The van der Waals surface area contributed by atoms with Crippen LogP contribution in [0.25, 0.3) is 0 Å². The van der Waals surface area contributed by atoms with E-state index in [1.807, 2.05) is 0 Å². The van der Waals surface area contributed by atoms with Crippen molar-refractivity contribution in [3.8, 4) is 0 Å². The van der Waals surface area contributed by atoms with Gasteiger partial charge in [-0.25, -0.2) is 9.59 Å². The van der Waals surface area contributed by atoms with Gasteiger partial charge in [-0.05, 0) is 13.8 Å². The molecule has 0 saturated carbocycles. The van der Waals surface area contributed by atoms with E-state index in [4.69, 9.17) is 0 Å². The van der Waals surface area contributed by atoms with Crippen LogP contribution in [-0.2, 0) is 33.6 Å². The summed E-state index contributed by atoms with van der Waals surface area (Å²) < 4.78 is 4.42. The monoisotopic (exact) mass is 380 g/mol. The molecule has 148 valence electrons. The summed E-state index contributed by atoms with van der Waals surface area (Å²) >= 11 is 0. The van der Waals surface area contributed by atoms with Crippen LogP contribution in [0.4, 0.5) is 0 Å². The van der Waals surface area contributed by atoms with Crippen LogP contribution in [0.15, 0.2) is 19.2 Å². The molecule has 0 aliphatic rings. The lowest BCUT2D eigenvalue weighted by Gasteiger charge is -2.17. The molecule has 2 N–H and O–H groups in total. The Hall–Kier alpha value is -2.72. The van der Waals surface area contributed by atoms with E-state index >= 15 is 0 Å². The van der Waals surface area contributed by atoms with E-state index in [-0.39, 0.29) is 43.9 Å². The van der Waals surface area contributed by atoms with Gasteiger partial charge in [0.2, 0.25) is 0 Å². The first-order valence-electron chi connectivity index (χ1n) is 8.47. The van der Waals surface area contributed by atoms with Gasteiger partial charge in [-0.1, -0.05) is 0 Å². The van der Waals surface area contributed by atoms with E-state index in [2.05, 4.69) is 0 Å². The summed E-state index contributed by atoms with van der Waals surface area (Å²) in [6.07, 6.45) is -0.0750. The maximum absolute atomic E-state index is 12.6. The summed E-state index contributed by atoms with van der Waals surface area (Å²) in [5.41, 5.74) is -0.978. The largest absolute Gasteiger partial charge is 0.395 e. The molecule has 0 saturated heterocycles. The molecule has 2 rings (SSSR count). The van der Waals surface area contributed by atoms with Crippen LogP contribution < -0.4 is 22.5 Å². The Kier molecular flexibility index (Phi) is 6.01. The minimum absolute atomic E-state index is 0.0206. The van der Waals surface area contributed by atoms with Crippen LogP contribution in [0.5, 0.6) is 0 Å². The van der Waals surface area contributed by atoms with Crippen molar-refractivity contribution in [1.29, 1.82) is 0 Å². The van der Waals surface area contributed by atoms with E-state index in [0.29, 0.717) is 11.4 Å². The van der Waals surface area contributed by atoms with Crippen LogP contribution in [0, 0.1) is 13.8 Å². The predicted octanol–water partition coefficient (Wildman–Crippen LogP) is -2.40. The Balaban J connectivity index is 2.79. The van der Waals surface area contributed by atoms with Crippen LogP contribution in [0.3, 0.4) is 0 Å². The number of aromatic nitrogens is 4. The molecule has 0 radical (unpaired) electrons. The molecule has 0 amide bonds. The highest BCUT2D eigenvalue weighted by atomic mass is 16.3. The summed E-state index contributed by atoms with van der Waals surface area (Å²) in [7, 11) is 2.66. The fourth-order valence-electron chi connectivity index (χ4n) is 3.17. The molecule has 27 heavy (non-hydrogen) atoms. The Morgan fingerprint density at radius 3 is 1.33 bits per heavy atom. The Morgan fingerprint density at radius 2 is 1.04 bits per heavy atom. The van der Waals surface area contributed by atoms with Crippen molar-refractivity contribution >= 4 is 0 Å². The quantitative estimate of drug-likeness (QED) is 0.575. The second-order valence-corrected chi connectivity index (χ2v) is 6.35. The number of aliphatic hydroxyl groups excluding tert-OH is 2. The number of hydrogen-bond acceptors (Lipinski definition) is 6. The molecule has 0 aliphatic heterocycles. The van der Waals surface area contributed by atoms with Crippen molar-refractivity contribution in [1.82, 2.24) is 18.3 Å². The average molecular weight is 380 g/mol. The van der Waals surface area contributed by atoms with Gasteiger partial charge in [0.1, 0.15) is 0 Å². The second-order valence-electron chi connectivity index (χ2n) is 6.35. The molecular weight excluding hydrogens is 356 g/mol. The van der Waals surface area contributed by atoms with E-state index in [1.54, 1.807) is 13.8 Å². The fraction of sp³-hybridized carbons (Fsp3) is 0.529. The lowest BCUT2D eigenvalue weighted by molar-refractivity contribution is 0.270. The van der Waals surface area contributed by atoms with Crippen LogP contribution in [0.1, 0.15) is 22.5 Å². The molecule has 2 heterocycles. The molecule has 0 unspecified atom stereocenters. The first kappa shape index (κ1) is 20.6. The highest BCUT2D eigenvalue weighted by Crippen LogP contribution is 2.10. The molecule has 0 bridgehead atoms. The third kappa shape index (κ3) is 3.45. The lowest BCUT2D eigenvalue weighted by Crippen LogP contribution is -2.44. The van der Waals surface area contributed by atoms with Gasteiger partial charge < -0.3 is 10.2 Å². The van der Waals surface area contributed by atoms with Crippen molar-refractivity contribution < 1.29 is 10.2 Å². The van der Waals surface area contributed by atoms with Crippen molar-refractivity contribution in [2.24, 2.45) is 14.1 Å². The maximum atomic E-state index is 12.6. The number of hydrogen-bond donors (Lipinski definition) is 2. The normalized spacial score (nSPS) is 11.2. The highest BCUT2D eigenvalue weighted by molar-refractivity contribution is 5.28. The van der Waals surface area contributed by atoms with Crippen molar-refractivity contribution in [3.05, 3.63) is 64.2 Å². The van der Waals surface area contributed by atoms with Crippen molar-refractivity contribution in [2.45, 2.75) is 33.4 Å². The van der Waals surface area contributed by atoms with Gasteiger partial charge in [0.25, 0.3) is 11.1 Å². The van der Waals surface area contributed by atoms with Gasteiger partial charge in [-0.2, -0.15) is 0 Å². The zero-order valence-electron chi connectivity index (χ0n) is 15.9. The number of nitrogens with zero attached hydrogens (tertiary/aromatic N) is 4. The zero-order valence-corrected chi connectivity index (χ0v) is 15.9. The summed E-state index contributed by atoms with van der Waals surface area (Å²) in [5.74, 6) is 0. The molecule has 0 aliphatic carbocycles. The van der Waals surface area contributed by atoms with E-state index in [9.17, 15) is 29.4 Å². The zero-order chi connectivity index (χ0) is 20.5. The molecule has 2 aromatic heterocycles. The lowest BCUT2D eigenvalue weighted by atomic mass is 10.0. The SMILES string of the molecule is Cc1c(Cc2c(C)n(CCO)c(=O)n(C)c2=O)c(=O)n(C)c(=O)n1CCO. The van der Waals surface area contributed by atoms with Crippen molar-refractivity contribution in [2.75, 3.05) is 13.2 Å². The van der Waals surface area contributed by atoms with E-state index in [0.717, 1.165) is 9.13 Å². The molecule has 10 nitrogen and oxygen atoms in total. The van der Waals surface area contributed by atoms with Gasteiger partial charge in [-0.15, -0.1) is 0 Å². The Labute approximate surface area is 154 Å². The fourth-order valence-corrected chi connectivity index (χ4v) is 3.17. The maximum Gasteiger partial charge on any atom is 0.330 e. The molecule has 0 atom stereocenters. The smallest absolute Gasteiger partial charge is 0.330 e. The van der Waals surface area contributed by atoms with Gasteiger partial charge in [-0.3, -0.25) is 27.9 Å².